The zero-order valence-electron chi connectivity index (χ0n) is 13.0. The summed E-state index contributed by atoms with van der Waals surface area (Å²) in [5, 5.41) is 26.8. The fraction of sp³-hybridized carbons (Fsp3) is 0.353. The van der Waals surface area contributed by atoms with E-state index in [1.54, 1.807) is 6.08 Å². The summed E-state index contributed by atoms with van der Waals surface area (Å²) in [7, 11) is 0. The number of aliphatic hydroxyl groups is 1. The number of hydrogen-bond acceptors (Lipinski definition) is 5. The highest BCUT2D eigenvalue weighted by atomic mass is 19.1. The number of rotatable bonds is 4. The first-order chi connectivity index (χ1) is 11.6. The number of nitriles is 2. The summed E-state index contributed by atoms with van der Waals surface area (Å²) in [5.74, 6) is -1.24. The van der Waals surface area contributed by atoms with Crippen LogP contribution in [0.3, 0.4) is 0 Å². The minimum absolute atomic E-state index is 0.106. The summed E-state index contributed by atoms with van der Waals surface area (Å²) in [4.78, 5) is 16.0. The van der Waals surface area contributed by atoms with Gasteiger partial charge in [0.25, 0.3) is 5.91 Å². The van der Waals surface area contributed by atoms with Gasteiger partial charge >= 0.3 is 0 Å². The molecule has 0 saturated carbocycles. The van der Waals surface area contributed by atoms with Gasteiger partial charge in [-0.05, 0) is 18.2 Å². The zero-order valence-corrected chi connectivity index (χ0v) is 13.0. The third-order valence-corrected chi connectivity index (χ3v) is 3.92. The molecule has 1 N–H and O–H groups in total. The molecule has 1 amide bonds. The Bertz CT molecular complexity index is 720. The van der Waals surface area contributed by atoms with Crippen molar-refractivity contribution >= 4 is 5.91 Å². The van der Waals surface area contributed by atoms with Crippen molar-refractivity contribution in [1.29, 1.82) is 10.5 Å². The van der Waals surface area contributed by atoms with E-state index in [-0.39, 0.29) is 17.7 Å². The molecule has 1 unspecified atom stereocenters. The molecular weight excluding hydrogens is 311 g/mol. The quantitative estimate of drug-likeness (QED) is 0.829. The lowest BCUT2D eigenvalue weighted by Gasteiger charge is -2.40. The molecule has 1 fully saturated rings. The Labute approximate surface area is 139 Å². The van der Waals surface area contributed by atoms with Gasteiger partial charge in [-0.2, -0.15) is 10.5 Å². The Morgan fingerprint density at radius 2 is 2.21 bits per heavy atom. The summed E-state index contributed by atoms with van der Waals surface area (Å²) in [5.41, 5.74) is 0.0436. The Balaban J connectivity index is 2.11. The fourth-order valence-corrected chi connectivity index (χ4v) is 2.68. The van der Waals surface area contributed by atoms with E-state index in [0.717, 1.165) is 6.07 Å². The van der Waals surface area contributed by atoms with Gasteiger partial charge < -0.3 is 10.0 Å². The molecule has 1 aromatic carbocycles. The van der Waals surface area contributed by atoms with E-state index in [2.05, 4.69) is 0 Å². The van der Waals surface area contributed by atoms with Crippen molar-refractivity contribution in [1.82, 2.24) is 9.80 Å². The second-order valence-electron chi connectivity index (χ2n) is 5.43. The van der Waals surface area contributed by atoms with Crippen LogP contribution in [0.2, 0.25) is 0 Å². The highest BCUT2D eigenvalue weighted by molar-refractivity contribution is 5.95. The lowest BCUT2D eigenvalue weighted by Crippen LogP contribution is -2.56. The molecule has 2 rings (SSSR count). The third kappa shape index (κ3) is 3.96. The molecule has 0 radical (unpaired) electrons. The second-order valence-corrected chi connectivity index (χ2v) is 5.43. The standard InChI is InChI=1S/C17H17FN4O2/c18-16-9-13(10-20)3-4-15(16)17(24)22-8-7-21(6-2-1-5-19)11-14(22)12-23/h1-4,9,14,23H,6-8,11-12H2/b2-1+. The minimum atomic E-state index is -0.741. The van der Waals surface area contributed by atoms with Crippen LogP contribution in [0.5, 0.6) is 0 Å². The van der Waals surface area contributed by atoms with Crippen LogP contribution in [0.25, 0.3) is 0 Å². The molecular formula is C17H17FN4O2. The monoisotopic (exact) mass is 328 g/mol. The topological polar surface area (TPSA) is 91.4 Å². The van der Waals surface area contributed by atoms with Gasteiger partial charge in [0, 0.05) is 32.3 Å². The first kappa shape index (κ1) is 17.6. The molecule has 1 heterocycles. The summed E-state index contributed by atoms with van der Waals surface area (Å²) in [6.07, 6.45) is 3.10. The molecule has 6 nitrogen and oxygen atoms in total. The Kier molecular flexibility index (Phi) is 6.02. The molecule has 24 heavy (non-hydrogen) atoms. The van der Waals surface area contributed by atoms with E-state index in [1.807, 2.05) is 17.0 Å². The maximum atomic E-state index is 14.0. The molecule has 7 heteroatoms. The number of aliphatic hydroxyl groups excluding tert-OH is 1. The molecule has 0 spiro atoms. The van der Waals surface area contributed by atoms with Crippen molar-refractivity contribution in [2.45, 2.75) is 6.04 Å². The molecule has 0 bridgehead atoms. The van der Waals surface area contributed by atoms with Crippen LogP contribution >= 0.6 is 0 Å². The third-order valence-electron chi connectivity index (χ3n) is 3.92. The molecule has 1 aliphatic heterocycles. The average Bonchev–Trinajstić information content (AvgIpc) is 2.61. The second kappa shape index (κ2) is 8.21. The van der Waals surface area contributed by atoms with Gasteiger partial charge in [-0.15, -0.1) is 0 Å². The number of amides is 1. The Morgan fingerprint density at radius 3 is 2.83 bits per heavy atom. The number of nitrogens with zero attached hydrogens (tertiary/aromatic N) is 4. The highest BCUT2D eigenvalue weighted by Gasteiger charge is 2.31. The van der Waals surface area contributed by atoms with Crippen LogP contribution < -0.4 is 0 Å². The Hall–Kier alpha value is -2.74. The van der Waals surface area contributed by atoms with Gasteiger partial charge in [0.05, 0.1) is 35.9 Å². The molecule has 0 aliphatic carbocycles. The predicted molar refractivity (Wildman–Crippen MR) is 84.2 cm³/mol. The molecule has 1 saturated heterocycles. The van der Waals surface area contributed by atoms with Gasteiger partial charge in [-0.25, -0.2) is 4.39 Å². The van der Waals surface area contributed by atoms with Crippen molar-refractivity contribution in [2.24, 2.45) is 0 Å². The number of halogens is 1. The minimum Gasteiger partial charge on any atom is -0.394 e. The highest BCUT2D eigenvalue weighted by Crippen LogP contribution is 2.17. The van der Waals surface area contributed by atoms with Crippen molar-refractivity contribution in [3.8, 4) is 12.1 Å². The maximum absolute atomic E-state index is 14.0. The first-order valence-electron chi connectivity index (χ1n) is 7.49. The van der Waals surface area contributed by atoms with Crippen LogP contribution in [0.4, 0.5) is 4.39 Å². The van der Waals surface area contributed by atoms with Gasteiger partial charge in [0.2, 0.25) is 0 Å². The predicted octanol–water partition coefficient (Wildman–Crippen LogP) is 0.896. The van der Waals surface area contributed by atoms with E-state index in [9.17, 15) is 14.3 Å². The summed E-state index contributed by atoms with van der Waals surface area (Å²) >= 11 is 0. The van der Waals surface area contributed by atoms with Crippen molar-refractivity contribution in [3.05, 3.63) is 47.3 Å². The van der Waals surface area contributed by atoms with Crippen LogP contribution in [-0.2, 0) is 0 Å². The smallest absolute Gasteiger partial charge is 0.257 e. The number of hydrogen-bond donors (Lipinski definition) is 1. The lowest BCUT2D eigenvalue weighted by molar-refractivity contribution is 0.0322. The molecule has 1 atom stereocenters. The van der Waals surface area contributed by atoms with Crippen LogP contribution in [0.1, 0.15) is 15.9 Å². The van der Waals surface area contributed by atoms with Crippen LogP contribution in [-0.4, -0.2) is 59.6 Å². The Morgan fingerprint density at radius 1 is 1.42 bits per heavy atom. The molecule has 1 aliphatic rings. The van der Waals surface area contributed by atoms with Gasteiger partial charge in [0.1, 0.15) is 5.82 Å². The van der Waals surface area contributed by atoms with Gasteiger partial charge in [-0.1, -0.05) is 6.08 Å². The largest absolute Gasteiger partial charge is 0.394 e. The normalized spacial score (nSPS) is 18.3. The number of carbonyl (C=O) groups excluding carboxylic acids is 1. The number of piperazine rings is 1. The van der Waals surface area contributed by atoms with Crippen LogP contribution in [0.15, 0.2) is 30.4 Å². The van der Waals surface area contributed by atoms with Crippen LogP contribution in [0, 0.1) is 28.5 Å². The lowest BCUT2D eigenvalue weighted by atomic mass is 10.1. The molecule has 0 aromatic heterocycles. The number of allylic oxidation sites excluding steroid dienone is 1. The fourth-order valence-electron chi connectivity index (χ4n) is 2.68. The SMILES string of the molecule is N#C/C=C/CN1CCN(C(=O)c2ccc(C#N)cc2F)C(CO)C1. The van der Waals surface area contributed by atoms with Crippen molar-refractivity contribution < 1.29 is 14.3 Å². The van der Waals surface area contributed by atoms with E-state index in [4.69, 9.17) is 10.5 Å². The zero-order chi connectivity index (χ0) is 17.5. The average molecular weight is 328 g/mol. The van der Waals surface area contributed by atoms with Gasteiger partial charge in [0.15, 0.2) is 0 Å². The van der Waals surface area contributed by atoms with E-state index >= 15 is 0 Å². The number of carbonyl (C=O) groups is 1. The van der Waals surface area contributed by atoms with E-state index < -0.39 is 17.8 Å². The number of benzene rings is 1. The molecule has 124 valence electrons. The van der Waals surface area contributed by atoms with E-state index in [1.165, 1.54) is 23.1 Å². The summed E-state index contributed by atoms with van der Waals surface area (Å²) in [6.45, 7) is 1.68. The molecule has 1 aromatic rings. The van der Waals surface area contributed by atoms with Crippen molar-refractivity contribution in [3.63, 3.8) is 0 Å². The summed E-state index contributed by atoms with van der Waals surface area (Å²) < 4.78 is 14.0. The maximum Gasteiger partial charge on any atom is 0.257 e. The first-order valence-corrected chi connectivity index (χ1v) is 7.49. The van der Waals surface area contributed by atoms with Gasteiger partial charge in [-0.3, -0.25) is 9.69 Å². The van der Waals surface area contributed by atoms with Crippen molar-refractivity contribution in [2.75, 3.05) is 32.8 Å². The van der Waals surface area contributed by atoms with E-state index in [0.29, 0.717) is 26.2 Å². The summed E-state index contributed by atoms with van der Waals surface area (Å²) in [6, 6.07) is 7.01.